The van der Waals surface area contributed by atoms with Gasteiger partial charge >= 0.3 is 5.97 Å². The molecule has 7 heteroatoms. The van der Waals surface area contributed by atoms with E-state index >= 15 is 0 Å². The Bertz CT molecular complexity index is 1010. The molecule has 1 aromatic heterocycles. The fourth-order valence-corrected chi connectivity index (χ4v) is 3.12. The standard InChI is InChI=1S/C21H20N2O5/c1-23(11-14-12-26-18-8-4-5-9-19(18)28-14)20(24)13-27-21(25)16-10-22-17-7-3-2-6-15(16)17/h2-10,14,22H,11-13H2,1H3/t14-/m1/s1. The Kier molecular flexibility index (Phi) is 4.89. The Morgan fingerprint density at radius 1 is 1.14 bits per heavy atom. The zero-order valence-electron chi connectivity index (χ0n) is 15.4. The number of fused-ring (bicyclic) bond motifs is 2. The van der Waals surface area contributed by atoms with Crippen LogP contribution in [0.4, 0.5) is 0 Å². The molecule has 0 saturated heterocycles. The highest BCUT2D eigenvalue weighted by molar-refractivity contribution is 6.04. The molecular weight excluding hydrogens is 360 g/mol. The zero-order chi connectivity index (χ0) is 19.5. The van der Waals surface area contributed by atoms with Crippen molar-refractivity contribution >= 4 is 22.8 Å². The summed E-state index contributed by atoms with van der Waals surface area (Å²) in [6.07, 6.45) is 1.31. The summed E-state index contributed by atoms with van der Waals surface area (Å²) >= 11 is 0. The van der Waals surface area contributed by atoms with Gasteiger partial charge < -0.3 is 24.1 Å². The lowest BCUT2D eigenvalue weighted by molar-refractivity contribution is -0.134. The number of carbonyl (C=O) groups excluding carboxylic acids is 2. The molecule has 4 rings (SSSR count). The number of esters is 1. The predicted octanol–water partition coefficient (Wildman–Crippen LogP) is 2.62. The highest BCUT2D eigenvalue weighted by Crippen LogP contribution is 2.30. The van der Waals surface area contributed by atoms with E-state index in [0.717, 1.165) is 10.9 Å². The lowest BCUT2D eigenvalue weighted by Crippen LogP contribution is -2.43. The Balaban J connectivity index is 1.31. The summed E-state index contributed by atoms with van der Waals surface area (Å²) < 4.78 is 16.7. The summed E-state index contributed by atoms with van der Waals surface area (Å²) in [6.45, 7) is 0.348. The molecule has 0 spiro atoms. The van der Waals surface area contributed by atoms with Gasteiger partial charge in [0, 0.05) is 24.1 Å². The highest BCUT2D eigenvalue weighted by Gasteiger charge is 2.24. The zero-order valence-corrected chi connectivity index (χ0v) is 15.4. The largest absolute Gasteiger partial charge is 0.486 e. The van der Waals surface area contributed by atoms with Gasteiger partial charge in [0.15, 0.2) is 24.2 Å². The average Bonchev–Trinajstić information content (AvgIpc) is 3.16. The first-order chi connectivity index (χ1) is 13.6. The van der Waals surface area contributed by atoms with Gasteiger partial charge in [0.2, 0.25) is 0 Å². The normalized spacial score (nSPS) is 15.2. The molecule has 2 heterocycles. The number of amides is 1. The molecular formula is C21H20N2O5. The van der Waals surface area contributed by atoms with Crippen molar-refractivity contribution in [1.82, 2.24) is 9.88 Å². The molecule has 3 aromatic rings. The SMILES string of the molecule is CN(C[C@@H]1COc2ccccc2O1)C(=O)COC(=O)c1c[nH]c2ccccc12. The maximum Gasteiger partial charge on any atom is 0.340 e. The molecule has 2 aromatic carbocycles. The number of nitrogens with one attached hydrogen (secondary N) is 1. The predicted molar refractivity (Wildman–Crippen MR) is 103 cm³/mol. The van der Waals surface area contributed by atoms with Crippen LogP contribution in [0.5, 0.6) is 11.5 Å². The molecule has 0 fully saturated rings. The molecule has 0 radical (unpaired) electrons. The third-order valence-electron chi connectivity index (χ3n) is 4.61. The van der Waals surface area contributed by atoms with Crippen LogP contribution >= 0.6 is 0 Å². The average molecular weight is 380 g/mol. The van der Waals surface area contributed by atoms with Crippen molar-refractivity contribution in [1.29, 1.82) is 0 Å². The first-order valence-electron chi connectivity index (χ1n) is 8.97. The van der Waals surface area contributed by atoms with E-state index in [0.29, 0.717) is 30.2 Å². The van der Waals surface area contributed by atoms with Gasteiger partial charge in [0.25, 0.3) is 5.91 Å². The number of aromatic nitrogens is 1. The van der Waals surface area contributed by atoms with Gasteiger partial charge in [-0.3, -0.25) is 4.79 Å². The number of aromatic amines is 1. The van der Waals surface area contributed by atoms with Crippen LogP contribution in [-0.4, -0.2) is 54.7 Å². The van der Waals surface area contributed by atoms with E-state index in [1.807, 2.05) is 48.5 Å². The molecule has 1 aliphatic heterocycles. The minimum absolute atomic E-state index is 0.284. The first-order valence-corrected chi connectivity index (χ1v) is 8.97. The van der Waals surface area contributed by atoms with E-state index in [1.54, 1.807) is 13.2 Å². The number of carbonyl (C=O) groups is 2. The molecule has 0 aliphatic carbocycles. The summed E-state index contributed by atoms with van der Waals surface area (Å²) in [4.78, 5) is 29.2. The molecule has 1 N–H and O–H groups in total. The molecule has 1 amide bonds. The fourth-order valence-electron chi connectivity index (χ4n) is 3.12. The molecule has 0 bridgehead atoms. The molecule has 1 atom stereocenters. The molecule has 28 heavy (non-hydrogen) atoms. The van der Waals surface area contributed by atoms with Gasteiger partial charge in [0.05, 0.1) is 12.1 Å². The summed E-state index contributed by atoms with van der Waals surface area (Å²) in [5.41, 5.74) is 1.25. The Hall–Kier alpha value is -3.48. The van der Waals surface area contributed by atoms with Crippen molar-refractivity contribution in [3.63, 3.8) is 0 Å². The first kappa shape index (κ1) is 17.9. The van der Waals surface area contributed by atoms with Gasteiger partial charge in [-0.05, 0) is 18.2 Å². The van der Waals surface area contributed by atoms with E-state index in [1.165, 1.54) is 4.90 Å². The number of para-hydroxylation sites is 3. The molecule has 0 unspecified atom stereocenters. The number of benzene rings is 2. The van der Waals surface area contributed by atoms with Crippen LogP contribution in [0.3, 0.4) is 0 Å². The Labute approximate surface area is 161 Å². The number of hydrogen-bond acceptors (Lipinski definition) is 5. The lowest BCUT2D eigenvalue weighted by Gasteiger charge is -2.29. The maximum absolute atomic E-state index is 12.3. The molecule has 1 aliphatic rings. The van der Waals surface area contributed by atoms with Crippen LogP contribution in [-0.2, 0) is 9.53 Å². The van der Waals surface area contributed by atoms with Crippen LogP contribution in [0.25, 0.3) is 10.9 Å². The van der Waals surface area contributed by atoms with Crippen LogP contribution in [0.2, 0.25) is 0 Å². The summed E-state index contributed by atoms with van der Waals surface area (Å²) in [6, 6.07) is 14.8. The second-order valence-electron chi connectivity index (χ2n) is 6.60. The number of hydrogen-bond donors (Lipinski definition) is 1. The monoisotopic (exact) mass is 380 g/mol. The van der Waals surface area contributed by atoms with E-state index in [4.69, 9.17) is 14.2 Å². The highest BCUT2D eigenvalue weighted by atomic mass is 16.6. The Morgan fingerprint density at radius 2 is 1.89 bits per heavy atom. The van der Waals surface area contributed by atoms with Gasteiger partial charge in [0.1, 0.15) is 6.61 Å². The summed E-state index contributed by atoms with van der Waals surface area (Å²) in [5, 5.41) is 0.764. The molecule has 0 saturated carbocycles. The van der Waals surface area contributed by atoms with Crippen molar-refractivity contribution in [2.75, 3.05) is 26.8 Å². The second-order valence-corrected chi connectivity index (χ2v) is 6.60. The summed E-state index contributed by atoms with van der Waals surface area (Å²) in [7, 11) is 1.64. The molecule has 144 valence electrons. The third kappa shape index (κ3) is 3.64. The number of ether oxygens (including phenoxy) is 3. The number of nitrogens with zero attached hydrogens (tertiary/aromatic N) is 1. The van der Waals surface area contributed by atoms with Gasteiger partial charge in [-0.15, -0.1) is 0 Å². The fraction of sp³-hybridized carbons (Fsp3) is 0.238. The van der Waals surface area contributed by atoms with Crippen LogP contribution in [0.1, 0.15) is 10.4 Å². The minimum atomic E-state index is -0.537. The maximum atomic E-state index is 12.3. The number of likely N-dealkylation sites (N-methyl/N-ethyl adjacent to an activating group) is 1. The topological polar surface area (TPSA) is 80.9 Å². The van der Waals surface area contributed by atoms with Crippen molar-refractivity contribution < 1.29 is 23.8 Å². The van der Waals surface area contributed by atoms with Gasteiger partial charge in [-0.2, -0.15) is 0 Å². The second kappa shape index (κ2) is 7.64. The van der Waals surface area contributed by atoms with Crippen LogP contribution in [0, 0.1) is 0 Å². The lowest BCUT2D eigenvalue weighted by atomic mass is 10.2. The van der Waals surface area contributed by atoms with Crippen molar-refractivity contribution in [2.45, 2.75) is 6.10 Å². The van der Waals surface area contributed by atoms with E-state index in [9.17, 15) is 9.59 Å². The number of rotatable bonds is 5. The van der Waals surface area contributed by atoms with Crippen molar-refractivity contribution in [3.8, 4) is 11.5 Å². The molecule has 7 nitrogen and oxygen atoms in total. The Morgan fingerprint density at radius 3 is 2.75 bits per heavy atom. The van der Waals surface area contributed by atoms with E-state index < -0.39 is 5.97 Å². The third-order valence-corrected chi connectivity index (χ3v) is 4.61. The van der Waals surface area contributed by atoms with Crippen molar-refractivity contribution in [2.24, 2.45) is 0 Å². The van der Waals surface area contributed by atoms with Crippen molar-refractivity contribution in [3.05, 3.63) is 60.3 Å². The minimum Gasteiger partial charge on any atom is -0.486 e. The van der Waals surface area contributed by atoms with Crippen LogP contribution in [0.15, 0.2) is 54.7 Å². The van der Waals surface area contributed by atoms with Gasteiger partial charge in [-0.25, -0.2) is 4.79 Å². The number of H-pyrrole nitrogens is 1. The van der Waals surface area contributed by atoms with Crippen LogP contribution < -0.4 is 9.47 Å². The van der Waals surface area contributed by atoms with Gasteiger partial charge in [-0.1, -0.05) is 30.3 Å². The smallest absolute Gasteiger partial charge is 0.340 e. The van der Waals surface area contributed by atoms with E-state index in [-0.39, 0.29) is 18.6 Å². The summed E-state index contributed by atoms with van der Waals surface area (Å²) in [5.74, 6) is 0.506. The quantitative estimate of drug-likeness (QED) is 0.688. The van der Waals surface area contributed by atoms with E-state index in [2.05, 4.69) is 4.98 Å².